The second-order valence-electron chi connectivity index (χ2n) is 2.29. The number of halogens is 2. The van der Waals surface area contributed by atoms with Gasteiger partial charge in [-0.05, 0) is 12.1 Å². The van der Waals surface area contributed by atoms with Crippen LogP contribution in [0.5, 0.6) is 0 Å². The van der Waals surface area contributed by atoms with E-state index in [1.165, 1.54) is 13.2 Å². The zero-order valence-electron chi connectivity index (χ0n) is 6.63. The predicted octanol–water partition coefficient (Wildman–Crippen LogP) is 2.17. The number of alkyl halides is 2. The van der Waals surface area contributed by atoms with E-state index in [1.54, 1.807) is 12.1 Å². The molecule has 1 rings (SSSR count). The van der Waals surface area contributed by atoms with E-state index in [2.05, 4.69) is 4.98 Å². The Morgan fingerprint density at radius 2 is 2.25 bits per heavy atom. The van der Waals surface area contributed by atoms with Crippen LogP contribution in [0.25, 0.3) is 0 Å². The van der Waals surface area contributed by atoms with Gasteiger partial charge in [0.05, 0.1) is 12.3 Å². The van der Waals surface area contributed by atoms with Crippen LogP contribution >= 0.6 is 0 Å². The molecule has 0 radical (unpaired) electrons. The number of hydrogen-bond acceptors (Lipinski definition) is 2. The number of aromatic nitrogens is 1. The van der Waals surface area contributed by atoms with Crippen LogP contribution in [-0.4, -0.2) is 12.1 Å². The second kappa shape index (κ2) is 4.11. The first-order valence-corrected chi connectivity index (χ1v) is 3.47. The van der Waals surface area contributed by atoms with E-state index in [9.17, 15) is 8.78 Å². The van der Waals surface area contributed by atoms with Crippen molar-refractivity contribution in [3.05, 3.63) is 29.6 Å². The molecule has 4 heteroatoms. The topological polar surface area (TPSA) is 22.1 Å². The standard InChI is InChI=1S/C8H9F2NO/c1-12-5-6-3-2-4-7(11-6)8(9)10/h2-4,8H,5H2,1H3. The quantitative estimate of drug-likeness (QED) is 0.698. The normalized spacial score (nSPS) is 10.7. The summed E-state index contributed by atoms with van der Waals surface area (Å²) in [7, 11) is 1.50. The molecule has 1 aromatic heterocycles. The maximum atomic E-state index is 12.1. The third-order valence-corrected chi connectivity index (χ3v) is 1.34. The summed E-state index contributed by atoms with van der Waals surface area (Å²) in [6.45, 7) is 0.264. The smallest absolute Gasteiger partial charge is 0.280 e. The Hall–Kier alpha value is -1.03. The van der Waals surface area contributed by atoms with Crippen molar-refractivity contribution < 1.29 is 13.5 Å². The van der Waals surface area contributed by atoms with Gasteiger partial charge in [0.2, 0.25) is 0 Å². The summed E-state index contributed by atoms with van der Waals surface area (Å²) < 4.78 is 28.9. The van der Waals surface area contributed by atoms with Gasteiger partial charge in [0.15, 0.2) is 0 Å². The number of pyridine rings is 1. The molecule has 0 aliphatic rings. The van der Waals surface area contributed by atoms with Crippen LogP contribution < -0.4 is 0 Å². The highest BCUT2D eigenvalue weighted by molar-refractivity contribution is 5.11. The first-order chi connectivity index (χ1) is 5.74. The molecule has 0 saturated heterocycles. The summed E-state index contributed by atoms with van der Waals surface area (Å²) in [5.74, 6) is 0. The van der Waals surface area contributed by atoms with Crippen molar-refractivity contribution in [2.75, 3.05) is 7.11 Å². The second-order valence-corrected chi connectivity index (χ2v) is 2.29. The molecular weight excluding hydrogens is 164 g/mol. The van der Waals surface area contributed by atoms with E-state index in [1.807, 2.05) is 0 Å². The van der Waals surface area contributed by atoms with Gasteiger partial charge in [-0.2, -0.15) is 0 Å². The molecule has 0 amide bonds. The summed E-state index contributed by atoms with van der Waals surface area (Å²) in [6.07, 6.45) is -2.51. The van der Waals surface area contributed by atoms with Crippen LogP contribution in [0.3, 0.4) is 0 Å². The minimum atomic E-state index is -2.51. The number of ether oxygens (including phenoxy) is 1. The van der Waals surface area contributed by atoms with Crippen molar-refractivity contribution in [2.24, 2.45) is 0 Å². The van der Waals surface area contributed by atoms with Gasteiger partial charge in [-0.25, -0.2) is 13.8 Å². The molecule has 0 bridgehead atoms. The lowest BCUT2D eigenvalue weighted by Gasteiger charge is -2.01. The summed E-state index contributed by atoms with van der Waals surface area (Å²) in [4.78, 5) is 3.69. The first-order valence-electron chi connectivity index (χ1n) is 3.47. The van der Waals surface area contributed by atoms with E-state index in [0.29, 0.717) is 5.69 Å². The molecule has 2 nitrogen and oxygen atoms in total. The molecule has 0 atom stereocenters. The molecule has 66 valence electrons. The molecule has 0 fully saturated rings. The van der Waals surface area contributed by atoms with Crippen molar-refractivity contribution in [3.8, 4) is 0 Å². The van der Waals surface area contributed by atoms with Gasteiger partial charge in [0.1, 0.15) is 5.69 Å². The van der Waals surface area contributed by atoms with Gasteiger partial charge in [-0.3, -0.25) is 0 Å². The summed E-state index contributed by atoms with van der Waals surface area (Å²) in [5, 5.41) is 0. The van der Waals surface area contributed by atoms with E-state index < -0.39 is 6.43 Å². The van der Waals surface area contributed by atoms with Crippen LogP contribution in [0, 0.1) is 0 Å². The first kappa shape index (κ1) is 9.06. The molecule has 1 heterocycles. The highest BCUT2D eigenvalue weighted by Crippen LogP contribution is 2.15. The third kappa shape index (κ3) is 2.23. The van der Waals surface area contributed by atoms with Crippen molar-refractivity contribution in [3.63, 3.8) is 0 Å². The van der Waals surface area contributed by atoms with Crippen LogP contribution in [0.15, 0.2) is 18.2 Å². The molecule has 0 saturated carbocycles. The predicted molar refractivity (Wildman–Crippen MR) is 39.9 cm³/mol. The molecule has 0 aliphatic carbocycles. The number of rotatable bonds is 3. The van der Waals surface area contributed by atoms with E-state index >= 15 is 0 Å². The molecule has 0 aliphatic heterocycles. The molecule has 0 aromatic carbocycles. The van der Waals surface area contributed by atoms with Crippen LogP contribution in [0.2, 0.25) is 0 Å². The van der Waals surface area contributed by atoms with Gasteiger partial charge in [-0.1, -0.05) is 6.07 Å². The molecule has 0 spiro atoms. The minimum Gasteiger partial charge on any atom is -0.378 e. The molecule has 12 heavy (non-hydrogen) atoms. The average molecular weight is 173 g/mol. The Labute approximate surface area is 69.2 Å². The molecule has 1 aromatic rings. The lowest BCUT2D eigenvalue weighted by Crippen LogP contribution is -1.96. The Kier molecular flexibility index (Phi) is 3.10. The minimum absolute atomic E-state index is 0.204. The maximum absolute atomic E-state index is 12.1. The summed E-state index contributed by atoms with van der Waals surface area (Å²) in [6, 6.07) is 4.49. The Balaban J connectivity index is 2.81. The molecular formula is C8H9F2NO. The van der Waals surface area contributed by atoms with E-state index in [0.717, 1.165) is 0 Å². The fourth-order valence-corrected chi connectivity index (χ4v) is 0.848. The van der Waals surface area contributed by atoms with Crippen molar-refractivity contribution >= 4 is 0 Å². The lowest BCUT2D eigenvalue weighted by atomic mass is 10.3. The van der Waals surface area contributed by atoms with Crippen LogP contribution in [0.1, 0.15) is 17.8 Å². The van der Waals surface area contributed by atoms with Gasteiger partial charge in [0, 0.05) is 7.11 Å². The fourth-order valence-electron chi connectivity index (χ4n) is 0.848. The van der Waals surface area contributed by atoms with Gasteiger partial charge in [0.25, 0.3) is 6.43 Å². The maximum Gasteiger partial charge on any atom is 0.280 e. The highest BCUT2D eigenvalue weighted by Gasteiger charge is 2.08. The average Bonchev–Trinajstić information content (AvgIpc) is 2.05. The Morgan fingerprint density at radius 1 is 1.50 bits per heavy atom. The van der Waals surface area contributed by atoms with Gasteiger partial charge in [-0.15, -0.1) is 0 Å². The molecule has 0 N–H and O–H groups in total. The fraction of sp³-hybridized carbons (Fsp3) is 0.375. The van der Waals surface area contributed by atoms with Crippen molar-refractivity contribution in [1.82, 2.24) is 4.98 Å². The Bertz CT molecular complexity index is 253. The lowest BCUT2D eigenvalue weighted by molar-refractivity contribution is 0.143. The number of methoxy groups -OCH3 is 1. The van der Waals surface area contributed by atoms with Crippen LogP contribution in [0.4, 0.5) is 8.78 Å². The van der Waals surface area contributed by atoms with Crippen molar-refractivity contribution in [2.45, 2.75) is 13.0 Å². The van der Waals surface area contributed by atoms with Gasteiger partial charge < -0.3 is 4.74 Å². The van der Waals surface area contributed by atoms with Crippen LogP contribution in [-0.2, 0) is 11.3 Å². The van der Waals surface area contributed by atoms with Crippen molar-refractivity contribution in [1.29, 1.82) is 0 Å². The van der Waals surface area contributed by atoms with E-state index in [-0.39, 0.29) is 12.3 Å². The van der Waals surface area contributed by atoms with Gasteiger partial charge >= 0.3 is 0 Å². The number of hydrogen-bond donors (Lipinski definition) is 0. The summed E-state index contributed by atoms with van der Waals surface area (Å²) >= 11 is 0. The Morgan fingerprint density at radius 3 is 2.83 bits per heavy atom. The largest absolute Gasteiger partial charge is 0.378 e. The third-order valence-electron chi connectivity index (χ3n) is 1.34. The van der Waals surface area contributed by atoms with E-state index in [4.69, 9.17) is 4.74 Å². The summed E-state index contributed by atoms with van der Waals surface area (Å²) in [5.41, 5.74) is 0.319. The molecule has 0 unspecified atom stereocenters. The zero-order valence-corrected chi connectivity index (χ0v) is 6.63. The number of nitrogens with zero attached hydrogens (tertiary/aromatic N) is 1. The monoisotopic (exact) mass is 173 g/mol. The SMILES string of the molecule is COCc1cccc(C(F)F)n1. The zero-order chi connectivity index (χ0) is 8.97. The highest BCUT2D eigenvalue weighted by atomic mass is 19.3.